The normalized spacial score (nSPS) is 11.3. The fraction of sp³-hybridized carbons (Fsp3) is 0.429. The molecule has 0 amide bonds. The van der Waals surface area contributed by atoms with Crippen LogP contribution in [0.1, 0.15) is 65.2 Å². The third-order valence-corrected chi connectivity index (χ3v) is 8.59. The number of anilines is 1. The van der Waals surface area contributed by atoms with E-state index in [1.54, 1.807) is 57.4 Å². The van der Waals surface area contributed by atoms with Crippen LogP contribution in [0.5, 0.6) is 23.0 Å². The minimum atomic E-state index is -4.16. The molecule has 0 fully saturated rings. The molecule has 47 heavy (non-hydrogen) atoms. The van der Waals surface area contributed by atoms with Crippen LogP contribution < -0.4 is 24.6 Å². The summed E-state index contributed by atoms with van der Waals surface area (Å²) < 4.78 is 51.0. The van der Waals surface area contributed by atoms with E-state index in [-0.39, 0.29) is 35.7 Å². The van der Waals surface area contributed by atoms with Gasteiger partial charge in [0.05, 0.1) is 34.8 Å². The van der Waals surface area contributed by atoms with Gasteiger partial charge >= 0.3 is 5.69 Å². The molecule has 0 atom stereocenters. The van der Waals surface area contributed by atoms with Crippen LogP contribution in [0.4, 0.5) is 5.69 Å². The summed E-state index contributed by atoms with van der Waals surface area (Å²) in [6, 6.07) is 14.3. The Labute approximate surface area is 279 Å². The molecule has 12 heteroatoms. The molecule has 1 aromatic heterocycles. The Morgan fingerprint density at radius 3 is 2.11 bits per heavy atom. The molecular weight excluding hydrogens is 620 g/mol. The number of imidazole rings is 1. The summed E-state index contributed by atoms with van der Waals surface area (Å²) in [6.07, 6.45) is 2.90. The largest absolute Gasteiger partial charge is 0.493 e. The highest BCUT2D eigenvalue weighted by Crippen LogP contribution is 2.38. The molecule has 4 aromatic rings. The number of aromatic nitrogens is 2. The van der Waals surface area contributed by atoms with Crippen LogP contribution in [0, 0.1) is 0 Å². The standard InChI is InChI=1S/C33H42N4O7S.C2H6.H2/c1-7-15-42-24-18-25(43-16-10-9-14-35(3)4)20-26(19-24)44-32-22-30-29(36(5)33(39)37(30)6)21-28(32)34-45(40,41)27-13-11-12-23(17-27)31(38)8-2;1-2;/h11-13,17-22,34H,7-10,14-16H2,1-6H3;1-2H3;1H. The van der Waals surface area contributed by atoms with Crippen molar-refractivity contribution in [2.24, 2.45) is 14.1 Å². The zero-order valence-corrected chi connectivity index (χ0v) is 29.6. The van der Waals surface area contributed by atoms with Crippen LogP contribution in [0.2, 0.25) is 0 Å². The SMILES string of the molecule is CC.CCCOc1cc(OCCCCN(C)C)cc(Oc2cc3c(cc2NS(=O)(=O)c2cccc(C(=O)CC)c2)n(C)c(=O)n3C)c1.[HH]. The Morgan fingerprint density at radius 2 is 1.49 bits per heavy atom. The van der Waals surface area contributed by atoms with Crippen LogP contribution in [0.15, 0.2) is 64.3 Å². The van der Waals surface area contributed by atoms with Crippen molar-refractivity contribution in [3.63, 3.8) is 0 Å². The van der Waals surface area contributed by atoms with Crippen molar-refractivity contribution < 1.29 is 28.8 Å². The van der Waals surface area contributed by atoms with Gasteiger partial charge in [-0.05, 0) is 58.1 Å². The lowest BCUT2D eigenvalue weighted by molar-refractivity contribution is 0.0988. The monoisotopic (exact) mass is 670 g/mol. The molecule has 0 radical (unpaired) electrons. The first kappa shape index (κ1) is 37.2. The Balaban J connectivity index is 0.00000262. The summed E-state index contributed by atoms with van der Waals surface area (Å²) >= 11 is 0. The number of rotatable bonds is 16. The highest BCUT2D eigenvalue weighted by atomic mass is 32.2. The van der Waals surface area contributed by atoms with E-state index in [0.29, 0.717) is 47.1 Å². The number of carbonyl (C=O) groups is 1. The quantitative estimate of drug-likeness (QED) is 0.102. The van der Waals surface area contributed by atoms with E-state index in [0.717, 1.165) is 25.8 Å². The molecule has 0 aliphatic rings. The molecule has 4 rings (SSSR count). The Kier molecular flexibility index (Phi) is 13.5. The lowest BCUT2D eigenvalue weighted by Crippen LogP contribution is -2.19. The summed E-state index contributed by atoms with van der Waals surface area (Å²) in [6.45, 7) is 9.68. The smallest absolute Gasteiger partial charge is 0.328 e. The van der Waals surface area contributed by atoms with Crippen molar-refractivity contribution >= 4 is 32.5 Å². The first-order valence-electron chi connectivity index (χ1n) is 16.0. The van der Waals surface area contributed by atoms with Crippen molar-refractivity contribution in [1.82, 2.24) is 14.0 Å². The van der Waals surface area contributed by atoms with E-state index in [1.165, 1.54) is 27.3 Å². The predicted octanol–water partition coefficient (Wildman–Crippen LogP) is 6.84. The van der Waals surface area contributed by atoms with Gasteiger partial charge in [0.2, 0.25) is 0 Å². The van der Waals surface area contributed by atoms with Crippen molar-refractivity contribution in [3.8, 4) is 23.0 Å². The summed E-state index contributed by atoms with van der Waals surface area (Å²) in [4.78, 5) is 27.1. The Morgan fingerprint density at radius 1 is 0.872 bits per heavy atom. The number of hydrogen-bond donors (Lipinski definition) is 1. The number of fused-ring (bicyclic) bond motifs is 1. The van der Waals surface area contributed by atoms with Crippen LogP contribution in [-0.2, 0) is 24.1 Å². The van der Waals surface area contributed by atoms with E-state index in [1.807, 2.05) is 34.9 Å². The third-order valence-electron chi connectivity index (χ3n) is 7.23. The maximum absolute atomic E-state index is 13.6. The number of carbonyl (C=O) groups excluding carboxylic acids is 1. The van der Waals surface area contributed by atoms with Gasteiger partial charge in [-0.15, -0.1) is 0 Å². The number of ketones is 1. The Hall–Kier alpha value is -4.29. The fourth-order valence-corrected chi connectivity index (χ4v) is 5.88. The summed E-state index contributed by atoms with van der Waals surface area (Å²) in [5.74, 6) is 1.46. The molecule has 0 aliphatic heterocycles. The third kappa shape index (κ3) is 9.61. The number of Topliss-reactive ketones (excluding diaryl/α,β-unsaturated/α-hetero) is 1. The number of benzene rings is 3. The number of hydrogen-bond acceptors (Lipinski definition) is 8. The van der Waals surface area contributed by atoms with Gasteiger partial charge < -0.3 is 19.1 Å². The average Bonchev–Trinajstić information content (AvgIpc) is 3.26. The molecule has 0 saturated heterocycles. The first-order chi connectivity index (χ1) is 22.4. The second-order valence-electron chi connectivity index (χ2n) is 11.1. The molecule has 0 unspecified atom stereocenters. The molecule has 11 nitrogen and oxygen atoms in total. The number of aryl methyl sites for hydroxylation is 2. The van der Waals surface area contributed by atoms with Crippen molar-refractivity contribution in [2.45, 2.75) is 58.3 Å². The van der Waals surface area contributed by atoms with Crippen LogP contribution in [0.25, 0.3) is 11.0 Å². The van der Waals surface area contributed by atoms with Crippen molar-refractivity contribution in [1.29, 1.82) is 0 Å². The number of nitrogens with zero attached hydrogens (tertiary/aromatic N) is 3. The topological polar surface area (TPSA) is 121 Å². The predicted molar refractivity (Wildman–Crippen MR) is 189 cm³/mol. The van der Waals surface area contributed by atoms with Gasteiger partial charge in [-0.25, -0.2) is 13.2 Å². The molecule has 258 valence electrons. The maximum Gasteiger partial charge on any atom is 0.328 e. The lowest BCUT2D eigenvalue weighted by Gasteiger charge is -2.17. The van der Waals surface area contributed by atoms with Gasteiger partial charge in [-0.3, -0.25) is 18.7 Å². The van der Waals surface area contributed by atoms with Crippen LogP contribution in [-0.4, -0.2) is 62.1 Å². The van der Waals surface area contributed by atoms with E-state index >= 15 is 0 Å². The summed E-state index contributed by atoms with van der Waals surface area (Å²) in [7, 11) is 3.15. The fourth-order valence-electron chi connectivity index (χ4n) is 4.77. The molecule has 0 bridgehead atoms. The average molecular weight is 671 g/mol. The molecule has 3 aromatic carbocycles. The van der Waals surface area contributed by atoms with Gasteiger partial charge in [0.25, 0.3) is 10.0 Å². The van der Waals surface area contributed by atoms with E-state index in [4.69, 9.17) is 14.2 Å². The van der Waals surface area contributed by atoms with E-state index in [9.17, 15) is 18.0 Å². The van der Waals surface area contributed by atoms with Gasteiger partial charge in [-0.2, -0.15) is 0 Å². The Bertz CT molecular complexity index is 1830. The molecule has 0 spiro atoms. The van der Waals surface area contributed by atoms with Crippen LogP contribution in [0.3, 0.4) is 0 Å². The van der Waals surface area contributed by atoms with Gasteiger partial charge in [0.1, 0.15) is 17.2 Å². The molecule has 1 N–H and O–H groups in total. The van der Waals surface area contributed by atoms with Crippen molar-refractivity contribution in [2.75, 3.05) is 38.6 Å². The summed E-state index contributed by atoms with van der Waals surface area (Å²) in [5, 5.41) is 0. The highest BCUT2D eigenvalue weighted by Gasteiger charge is 2.22. The van der Waals surface area contributed by atoms with Crippen LogP contribution >= 0.6 is 0 Å². The zero-order valence-electron chi connectivity index (χ0n) is 28.8. The molecule has 0 saturated carbocycles. The van der Waals surface area contributed by atoms with Gasteiger partial charge in [-0.1, -0.05) is 39.8 Å². The highest BCUT2D eigenvalue weighted by molar-refractivity contribution is 7.92. The van der Waals surface area contributed by atoms with Crippen molar-refractivity contribution in [3.05, 3.63) is 70.6 Å². The number of ether oxygens (including phenoxy) is 3. The van der Waals surface area contributed by atoms with Gasteiger partial charge in [0, 0.05) is 51.8 Å². The minimum Gasteiger partial charge on any atom is -0.493 e. The number of sulfonamides is 1. The maximum atomic E-state index is 13.6. The minimum absolute atomic E-state index is 0. The molecule has 1 heterocycles. The second kappa shape index (κ2) is 17.0. The second-order valence-corrected chi connectivity index (χ2v) is 12.8. The first-order valence-corrected chi connectivity index (χ1v) is 17.5. The summed E-state index contributed by atoms with van der Waals surface area (Å²) in [5.41, 5.74) is 1.19. The van der Waals surface area contributed by atoms with E-state index in [2.05, 4.69) is 9.62 Å². The molecular formula is C35H50N4O7S. The zero-order chi connectivity index (χ0) is 34.7. The van der Waals surface area contributed by atoms with E-state index < -0.39 is 10.0 Å². The molecule has 0 aliphatic carbocycles. The lowest BCUT2D eigenvalue weighted by atomic mass is 10.1. The number of nitrogens with one attached hydrogen (secondary N) is 1. The van der Waals surface area contributed by atoms with Gasteiger partial charge in [0.15, 0.2) is 11.5 Å². The number of unbranched alkanes of at least 4 members (excludes halogenated alkanes) is 1.